The number of H-pyrrole nitrogens is 1. The number of benzene rings is 1. The lowest BCUT2D eigenvalue weighted by atomic mass is 10.1. The molecule has 1 aromatic carbocycles. The van der Waals surface area contributed by atoms with Crippen LogP contribution in [0.25, 0.3) is 10.9 Å². The molecule has 0 bridgehead atoms. The molecule has 0 radical (unpaired) electrons. The van der Waals surface area contributed by atoms with Crippen LogP contribution in [0.2, 0.25) is 0 Å². The minimum Gasteiger partial charge on any atom is -0.457 e. The Labute approximate surface area is 188 Å². The highest BCUT2D eigenvalue weighted by Gasteiger charge is 2.18. The van der Waals surface area contributed by atoms with Gasteiger partial charge in [0.25, 0.3) is 5.56 Å². The summed E-state index contributed by atoms with van der Waals surface area (Å²) in [5, 5.41) is 2.53. The molecule has 1 N–H and O–H groups in total. The summed E-state index contributed by atoms with van der Waals surface area (Å²) in [6.45, 7) is 4.25. The molecule has 4 rings (SSSR count). The molecular weight excluding hydrogens is 426 g/mol. The topological polar surface area (TPSA) is 94.1 Å². The summed E-state index contributed by atoms with van der Waals surface area (Å²) in [6, 6.07) is 12.9. The van der Waals surface area contributed by atoms with E-state index in [4.69, 9.17) is 4.74 Å². The van der Waals surface area contributed by atoms with E-state index < -0.39 is 5.97 Å². The molecule has 0 saturated heterocycles. The minimum absolute atomic E-state index is 0.0198. The molecule has 0 aliphatic carbocycles. The Morgan fingerprint density at radius 3 is 2.75 bits per heavy atom. The lowest BCUT2D eigenvalue weighted by molar-refractivity contribution is -0.142. The van der Waals surface area contributed by atoms with Crippen LogP contribution in [0.3, 0.4) is 0 Å². The molecule has 164 valence electrons. The number of aryl methyl sites for hydroxylation is 2. The van der Waals surface area contributed by atoms with Crippen LogP contribution in [0.5, 0.6) is 0 Å². The Bertz CT molecular complexity index is 1340. The van der Waals surface area contributed by atoms with Crippen molar-refractivity contribution in [1.29, 1.82) is 0 Å². The maximum absolute atomic E-state index is 12.7. The molecule has 0 aliphatic rings. The van der Waals surface area contributed by atoms with Gasteiger partial charge in [0.05, 0.1) is 23.9 Å². The normalized spacial score (nSPS) is 11.1. The summed E-state index contributed by atoms with van der Waals surface area (Å²) >= 11 is 1.67. The molecule has 0 atom stereocenters. The molecule has 8 heteroatoms. The zero-order valence-electron chi connectivity index (χ0n) is 17.9. The standard InChI is InChI=1S/C24H23N3O4S/c1-15-12-19(16(2)27(15)13-17-6-5-11-32-17)21(28)14-31-23(29)10-9-22-25-20-8-4-3-7-18(20)24(30)26-22/h3-8,11-12H,9-10,13-14H2,1-2H3,(H,25,26,30). The van der Waals surface area contributed by atoms with Gasteiger partial charge in [0.1, 0.15) is 5.82 Å². The van der Waals surface area contributed by atoms with Crippen LogP contribution in [-0.4, -0.2) is 32.9 Å². The second-order valence-corrected chi connectivity index (χ2v) is 8.60. The van der Waals surface area contributed by atoms with E-state index in [0.717, 1.165) is 11.4 Å². The van der Waals surface area contributed by atoms with E-state index in [1.807, 2.05) is 31.4 Å². The fraction of sp³-hybridized carbons (Fsp3) is 0.250. The number of fused-ring (bicyclic) bond motifs is 1. The van der Waals surface area contributed by atoms with Crippen LogP contribution in [-0.2, 0) is 22.5 Å². The van der Waals surface area contributed by atoms with Gasteiger partial charge in [-0.1, -0.05) is 18.2 Å². The summed E-state index contributed by atoms with van der Waals surface area (Å²) < 4.78 is 7.28. The first-order valence-electron chi connectivity index (χ1n) is 10.3. The molecule has 7 nitrogen and oxygen atoms in total. The number of aromatic nitrogens is 3. The van der Waals surface area contributed by atoms with E-state index in [1.54, 1.807) is 35.6 Å². The molecule has 4 aromatic rings. The van der Waals surface area contributed by atoms with Crippen molar-refractivity contribution in [1.82, 2.24) is 14.5 Å². The number of para-hydroxylation sites is 1. The SMILES string of the molecule is Cc1cc(C(=O)COC(=O)CCc2nc3ccccc3c(=O)[nH]2)c(C)n1Cc1cccs1. The Balaban J connectivity index is 1.34. The number of nitrogens with zero attached hydrogens (tertiary/aromatic N) is 2. The maximum Gasteiger partial charge on any atom is 0.306 e. The van der Waals surface area contributed by atoms with Gasteiger partial charge < -0.3 is 14.3 Å². The number of rotatable bonds is 8. The van der Waals surface area contributed by atoms with Crippen LogP contribution in [0.1, 0.15) is 38.9 Å². The highest BCUT2D eigenvalue weighted by atomic mass is 32.1. The van der Waals surface area contributed by atoms with Crippen molar-refractivity contribution in [2.24, 2.45) is 0 Å². The molecule has 0 fully saturated rings. The van der Waals surface area contributed by atoms with Gasteiger partial charge in [-0.05, 0) is 43.5 Å². The molecule has 3 heterocycles. The number of thiophene rings is 1. The average Bonchev–Trinajstić information content (AvgIpc) is 3.40. The molecule has 32 heavy (non-hydrogen) atoms. The first-order valence-corrected chi connectivity index (χ1v) is 11.2. The fourth-order valence-electron chi connectivity index (χ4n) is 3.65. The molecule has 0 spiro atoms. The van der Waals surface area contributed by atoms with E-state index in [2.05, 4.69) is 20.6 Å². The van der Waals surface area contributed by atoms with Crippen LogP contribution in [0, 0.1) is 13.8 Å². The lowest BCUT2D eigenvalue weighted by Gasteiger charge is -2.08. The van der Waals surface area contributed by atoms with Crippen molar-refractivity contribution in [3.8, 4) is 0 Å². The zero-order chi connectivity index (χ0) is 22.7. The first kappa shape index (κ1) is 21.7. The van der Waals surface area contributed by atoms with Crippen molar-refractivity contribution in [2.45, 2.75) is 33.2 Å². The smallest absolute Gasteiger partial charge is 0.306 e. The number of esters is 1. The Kier molecular flexibility index (Phi) is 6.32. The molecule has 0 saturated carbocycles. The largest absolute Gasteiger partial charge is 0.457 e. The van der Waals surface area contributed by atoms with Crippen LogP contribution in [0.4, 0.5) is 0 Å². The third-order valence-corrected chi connectivity index (χ3v) is 6.22. The van der Waals surface area contributed by atoms with Crippen molar-refractivity contribution >= 4 is 34.0 Å². The van der Waals surface area contributed by atoms with Gasteiger partial charge >= 0.3 is 5.97 Å². The minimum atomic E-state index is -0.512. The summed E-state index contributed by atoms with van der Waals surface area (Å²) in [4.78, 5) is 45.2. The van der Waals surface area contributed by atoms with Gasteiger partial charge in [-0.3, -0.25) is 14.4 Å². The number of nitrogens with one attached hydrogen (secondary N) is 1. The monoisotopic (exact) mass is 449 g/mol. The summed E-state index contributed by atoms with van der Waals surface area (Å²) in [5.74, 6) is -0.336. The van der Waals surface area contributed by atoms with Crippen molar-refractivity contribution in [2.75, 3.05) is 6.61 Å². The molecule has 3 aromatic heterocycles. The van der Waals surface area contributed by atoms with Gasteiger partial charge in [-0.25, -0.2) is 4.98 Å². The number of ketones is 1. The number of hydrogen-bond acceptors (Lipinski definition) is 6. The molecular formula is C24H23N3O4S. The summed E-state index contributed by atoms with van der Waals surface area (Å²) in [6.07, 6.45) is 0.244. The highest BCUT2D eigenvalue weighted by Crippen LogP contribution is 2.20. The molecule has 0 aliphatic heterocycles. The number of hydrogen-bond donors (Lipinski definition) is 1. The number of carbonyl (C=O) groups is 2. The lowest BCUT2D eigenvalue weighted by Crippen LogP contribution is -2.17. The Morgan fingerprint density at radius 1 is 1.16 bits per heavy atom. The van der Waals surface area contributed by atoms with E-state index in [-0.39, 0.29) is 30.8 Å². The highest BCUT2D eigenvalue weighted by molar-refractivity contribution is 7.09. The third-order valence-electron chi connectivity index (χ3n) is 5.36. The van der Waals surface area contributed by atoms with Gasteiger partial charge in [-0.2, -0.15) is 0 Å². The van der Waals surface area contributed by atoms with Crippen molar-refractivity contribution in [3.63, 3.8) is 0 Å². The zero-order valence-corrected chi connectivity index (χ0v) is 18.7. The van der Waals surface area contributed by atoms with Gasteiger partial charge in [-0.15, -0.1) is 11.3 Å². The fourth-order valence-corrected chi connectivity index (χ4v) is 4.35. The summed E-state index contributed by atoms with van der Waals surface area (Å²) in [7, 11) is 0. The van der Waals surface area contributed by atoms with Crippen LogP contribution >= 0.6 is 11.3 Å². The van der Waals surface area contributed by atoms with Crippen molar-refractivity contribution < 1.29 is 14.3 Å². The quantitative estimate of drug-likeness (QED) is 0.326. The van der Waals surface area contributed by atoms with Crippen molar-refractivity contribution in [3.05, 3.63) is 85.9 Å². The number of aromatic amines is 1. The number of carbonyl (C=O) groups excluding carboxylic acids is 2. The Hall–Kier alpha value is -3.52. The van der Waals surface area contributed by atoms with Crippen LogP contribution in [0.15, 0.2) is 52.6 Å². The predicted molar refractivity (Wildman–Crippen MR) is 123 cm³/mol. The second kappa shape index (κ2) is 9.32. The second-order valence-electron chi connectivity index (χ2n) is 7.56. The van der Waals surface area contributed by atoms with E-state index in [9.17, 15) is 14.4 Å². The van der Waals surface area contributed by atoms with Gasteiger partial charge in [0.2, 0.25) is 5.78 Å². The third kappa shape index (κ3) is 4.70. The predicted octanol–water partition coefficient (Wildman–Crippen LogP) is 3.81. The van der Waals surface area contributed by atoms with E-state index >= 15 is 0 Å². The Morgan fingerprint density at radius 2 is 1.97 bits per heavy atom. The molecule has 0 unspecified atom stereocenters. The van der Waals surface area contributed by atoms with Crippen LogP contribution < -0.4 is 5.56 Å². The maximum atomic E-state index is 12.7. The summed E-state index contributed by atoms with van der Waals surface area (Å²) in [5.41, 5.74) is 2.74. The molecule has 0 amide bonds. The van der Waals surface area contributed by atoms with E-state index in [0.29, 0.717) is 28.8 Å². The number of Topliss-reactive ketones (excluding diaryl/α,β-unsaturated/α-hetero) is 1. The van der Waals surface area contributed by atoms with E-state index in [1.165, 1.54) is 4.88 Å². The van der Waals surface area contributed by atoms with Gasteiger partial charge in [0.15, 0.2) is 6.61 Å². The average molecular weight is 450 g/mol. The first-order chi connectivity index (χ1) is 15.4. The number of ether oxygens (including phenoxy) is 1. The van der Waals surface area contributed by atoms with Gasteiger partial charge in [0, 0.05) is 28.2 Å².